The Morgan fingerprint density at radius 3 is 2.81 bits per heavy atom. The van der Waals surface area contributed by atoms with Crippen molar-refractivity contribution in [2.75, 3.05) is 19.0 Å². The summed E-state index contributed by atoms with van der Waals surface area (Å²) in [4.78, 5) is 16.8. The minimum atomic E-state index is -0.209. The Hall–Kier alpha value is -2.64. The van der Waals surface area contributed by atoms with E-state index < -0.39 is 0 Å². The third-order valence-electron chi connectivity index (χ3n) is 3.90. The van der Waals surface area contributed by atoms with Crippen LogP contribution >= 0.6 is 22.7 Å². The first-order valence-corrected chi connectivity index (χ1v) is 9.68. The Balaban J connectivity index is 1.51. The van der Waals surface area contributed by atoms with Crippen LogP contribution in [0, 0.1) is 6.92 Å². The summed E-state index contributed by atoms with van der Waals surface area (Å²) in [5.41, 5.74) is 1.71. The van der Waals surface area contributed by atoms with Crippen molar-refractivity contribution in [1.29, 1.82) is 0 Å². The summed E-state index contributed by atoms with van der Waals surface area (Å²) >= 11 is 3.26. The number of amides is 1. The van der Waals surface area contributed by atoms with Crippen LogP contribution in [0.15, 0.2) is 41.8 Å². The number of thiophene rings is 1. The standard InChI is InChI=1S/C19H16N2O3S2/c1-11-20-18-16(26-11)9-15(14-7-8-25-19(14)18)24-10-17(22)21-12-3-5-13(23-2)6-4-12/h3-9H,10H2,1-2H3,(H,21,22). The quantitative estimate of drug-likeness (QED) is 0.535. The maximum atomic E-state index is 12.2. The topological polar surface area (TPSA) is 60.5 Å². The Kier molecular flexibility index (Phi) is 4.48. The number of benzene rings is 2. The molecule has 7 heteroatoms. The van der Waals surface area contributed by atoms with Gasteiger partial charge in [-0.2, -0.15) is 0 Å². The third-order valence-corrected chi connectivity index (χ3v) is 5.74. The normalized spacial score (nSPS) is 11.0. The molecule has 0 aliphatic carbocycles. The van der Waals surface area contributed by atoms with Gasteiger partial charge >= 0.3 is 0 Å². The average molecular weight is 384 g/mol. The molecule has 26 heavy (non-hydrogen) atoms. The van der Waals surface area contributed by atoms with Gasteiger partial charge in [-0.3, -0.25) is 4.79 Å². The van der Waals surface area contributed by atoms with E-state index in [4.69, 9.17) is 9.47 Å². The van der Waals surface area contributed by atoms with Crippen LogP contribution in [0.4, 0.5) is 5.69 Å². The highest BCUT2D eigenvalue weighted by Crippen LogP contribution is 2.38. The molecule has 2 aromatic heterocycles. The van der Waals surface area contributed by atoms with Gasteiger partial charge in [0.15, 0.2) is 6.61 Å². The summed E-state index contributed by atoms with van der Waals surface area (Å²) in [7, 11) is 1.61. The van der Waals surface area contributed by atoms with Crippen molar-refractivity contribution >= 4 is 54.6 Å². The molecule has 0 atom stereocenters. The summed E-state index contributed by atoms with van der Waals surface area (Å²) in [5, 5.41) is 6.85. The molecule has 0 spiro atoms. The second-order valence-electron chi connectivity index (χ2n) is 5.68. The molecule has 5 nitrogen and oxygen atoms in total. The van der Waals surface area contributed by atoms with Crippen molar-refractivity contribution in [2.45, 2.75) is 6.92 Å². The zero-order chi connectivity index (χ0) is 18.1. The molecule has 0 radical (unpaired) electrons. The molecule has 2 aromatic carbocycles. The van der Waals surface area contributed by atoms with Gasteiger partial charge in [0.1, 0.15) is 11.5 Å². The first-order valence-electron chi connectivity index (χ1n) is 7.98. The fourth-order valence-electron chi connectivity index (χ4n) is 2.72. The molecule has 4 rings (SSSR count). The molecule has 1 amide bonds. The Morgan fingerprint density at radius 2 is 2.04 bits per heavy atom. The molecule has 0 bridgehead atoms. The van der Waals surface area contributed by atoms with E-state index in [2.05, 4.69) is 10.3 Å². The Morgan fingerprint density at radius 1 is 1.23 bits per heavy atom. The number of anilines is 1. The highest BCUT2D eigenvalue weighted by Gasteiger charge is 2.13. The summed E-state index contributed by atoms with van der Waals surface area (Å²) in [6.07, 6.45) is 0. The van der Waals surface area contributed by atoms with Crippen molar-refractivity contribution in [1.82, 2.24) is 4.98 Å². The molecule has 0 fully saturated rings. The van der Waals surface area contributed by atoms with Gasteiger partial charge < -0.3 is 14.8 Å². The van der Waals surface area contributed by atoms with Gasteiger partial charge in [-0.25, -0.2) is 4.98 Å². The van der Waals surface area contributed by atoms with Gasteiger partial charge in [-0.15, -0.1) is 22.7 Å². The number of nitrogens with zero attached hydrogens (tertiary/aromatic N) is 1. The highest BCUT2D eigenvalue weighted by molar-refractivity contribution is 7.21. The van der Waals surface area contributed by atoms with Gasteiger partial charge in [0, 0.05) is 17.1 Å². The van der Waals surface area contributed by atoms with Crippen LogP contribution in [-0.2, 0) is 4.79 Å². The fourth-order valence-corrected chi connectivity index (χ4v) is 4.55. The number of ether oxygens (including phenoxy) is 2. The molecule has 2 heterocycles. The second kappa shape index (κ2) is 6.93. The minimum absolute atomic E-state index is 0.0553. The predicted molar refractivity (Wildman–Crippen MR) is 107 cm³/mol. The van der Waals surface area contributed by atoms with E-state index in [0.29, 0.717) is 11.4 Å². The van der Waals surface area contributed by atoms with Crippen LogP contribution < -0.4 is 14.8 Å². The van der Waals surface area contributed by atoms with Crippen molar-refractivity contribution in [3.05, 3.63) is 46.8 Å². The summed E-state index contributed by atoms with van der Waals surface area (Å²) in [5.74, 6) is 1.24. The van der Waals surface area contributed by atoms with Gasteiger partial charge in [0.25, 0.3) is 5.91 Å². The minimum Gasteiger partial charge on any atom is -0.497 e. The van der Waals surface area contributed by atoms with Crippen molar-refractivity contribution in [2.24, 2.45) is 0 Å². The lowest BCUT2D eigenvalue weighted by Gasteiger charge is -2.09. The van der Waals surface area contributed by atoms with Crippen LogP contribution in [-0.4, -0.2) is 24.6 Å². The first-order chi connectivity index (χ1) is 12.6. The number of hydrogen-bond donors (Lipinski definition) is 1. The maximum Gasteiger partial charge on any atom is 0.262 e. The van der Waals surface area contributed by atoms with E-state index in [1.54, 1.807) is 54.0 Å². The lowest BCUT2D eigenvalue weighted by Crippen LogP contribution is -2.20. The number of rotatable bonds is 5. The van der Waals surface area contributed by atoms with Gasteiger partial charge in [0.05, 0.1) is 27.0 Å². The van der Waals surface area contributed by atoms with Gasteiger partial charge in [-0.05, 0) is 42.6 Å². The van der Waals surface area contributed by atoms with E-state index in [-0.39, 0.29) is 12.5 Å². The summed E-state index contributed by atoms with van der Waals surface area (Å²) < 4.78 is 13.1. The van der Waals surface area contributed by atoms with Crippen molar-refractivity contribution in [3.63, 3.8) is 0 Å². The molecule has 0 unspecified atom stereocenters. The molecule has 1 N–H and O–H groups in total. The van der Waals surface area contributed by atoms with E-state index in [1.165, 1.54) is 0 Å². The van der Waals surface area contributed by atoms with Crippen molar-refractivity contribution < 1.29 is 14.3 Å². The van der Waals surface area contributed by atoms with E-state index in [1.807, 2.05) is 24.4 Å². The second-order valence-corrected chi connectivity index (χ2v) is 7.83. The molecular formula is C19H16N2O3S2. The lowest BCUT2D eigenvalue weighted by atomic mass is 10.2. The SMILES string of the molecule is COc1ccc(NC(=O)COc2cc3sc(C)nc3c3sccc23)cc1. The Labute approximate surface area is 158 Å². The van der Waals surface area contributed by atoms with Crippen molar-refractivity contribution in [3.8, 4) is 11.5 Å². The monoisotopic (exact) mass is 384 g/mol. The number of aromatic nitrogens is 1. The largest absolute Gasteiger partial charge is 0.497 e. The average Bonchev–Trinajstić information content (AvgIpc) is 3.26. The van der Waals surface area contributed by atoms with E-state index in [0.717, 1.165) is 31.1 Å². The van der Waals surface area contributed by atoms with Crippen LogP contribution in [0.1, 0.15) is 5.01 Å². The van der Waals surface area contributed by atoms with Crippen LogP contribution in [0.25, 0.3) is 20.3 Å². The summed E-state index contributed by atoms with van der Waals surface area (Å²) in [6.45, 7) is 1.94. The third kappa shape index (κ3) is 3.23. The molecule has 4 aromatic rings. The molecule has 132 valence electrons. The fraction of sp³-hybridized carbons (Fsp3) is 0.158. The van der Waals surface area contributed by atoms with Crippen LogP contribution in [0.5, 0.6) is 11.5 Å². The number of methoxy groups -OCH3 is 1. The van der Waals surface area contributed by atoms with Crippen LogP contribution in [0.2, 0.25) is 0 Å². The zero-order valence-electron chi connectivity index (χ0n) is 14.2. The van der Waals surface area contributed by atoms with Crippen LogP contribution in [0.3, 0.4) is 0 Å². The van der Waals surface area contributed by atoms with Gasteiger partial charge in [0.2, 0.25) is 0 Å². The number of carbonyl (C=O) groups excluding carboxylic acids is 1. The van der Waals surface area contributed by atoms with E-state index >= 15 is 0 Å². The summed E-state index contributed by atoms with van der Waals surface area (Å²) in [6, 6.07) is 11.2. The number of thiazole rings is 1. The number of aryl methyl sites for hydroxylation is 1. The zero-order valence-corrected chi connectivity index (χ0v) is 15.9. The maximum absolute atomic E-state index is 12.2. The number of nitrogens with one attached hydrogen (secondary N) is 1. The predicted octanol–water partition coefficient (Wildman–Crippen LogP) is 4.85. The first kappa shape index (κ1) is 16.8. The molecular weight excluding hydrogens is 368 g/mol. The highest BCUT2D eigenvalue weighted by atomic mass is 32.1. The molecule has 0 saturated carbocycles. The number of hydrogen-bond acceptors (Lipinski definition) is 6. The van der Waals surface area contributed by atoms with Gasteiger partial charge in [-0.1, -0.05) is 0 Å². The Bertz CT molecular complexity index is 1080. The van der Waals surface area contributed by atoms with E-state index in [9.17, 15) is 4.79 Å². The smallest absolute Gasteiger partial charge is 0.262 e. The lowest BCUT2D eigenvalue weighted by molar-refractivity contribution is -0.118. The molecule has 0 saturated heterocycles. The molecule has 0 aliphatic heterocycles. The number of carbonyl (C=O) groups is 1. The molecule has 0 aliphatic rings. The number of fused-ring (bicyclic) bond motifs is 3.